The zero-order chi connectivity index (χ0) is 24.6. The van der Waals surface area contributed by atoms with Crippen LogP contribution in [0.3, 0.4) is 0 Å². The maximum atomic E-state index is 10.5. The summed E-state index contributed by atoms with van der Waals surface area (Å²) in [5, 5.41) is 8.73. The van der Waals surface area contributed by atoms with Crippen molar-refractivity contribution in [2.45, 2.75) is 6.92 Å². The Morgan fingerprint density at radius 1 is 0.697 bits per heavy atom. The Balaban J connectivity index is 0.000000222. The van der Waals surface area contributed by atoms with Crippen LogP contribution in [-0.4, -0.2) is 16.0 Å². The molecule has 0 spiro atoms. The fraction of sp³-hybridized carbons (Fsp3) is 0.0400. The molecule has 3 aromatic carbocycles. The van der Waals surface area contributed by atoms with E-state index in [4.69, 9.17) is 33.8 Å². The van der Waals surface area contributed by atoms with Gasteiger partial charge in [-0.15, -0.1) is 0 Å². The van der Waals surface area contributed by atoms with E-state index in [0.717, 1.165) is 11.4 Å². The summed E-state index contributed by atoms with van der Waals surface area (Å²) >= 11 is 0. The zero-order valence-electron chi connectivity index (χ0n) is 18.4. The van der Waals surface area contributed by atoms with Gasteiger partial charge < -0.3 is 33.8 Å². The smallest absolute Gasteiger partial charge is 0.248 e. The molecule has 4 aromatic rings. The number of aromatic nitrogens is 1. The number of carbonyl (C=O) groups excluding carboxylic acids is 1. The first-order valence-electron chi connectivity index (χ1n) is 9.85. The molecule has 0 saturated heterocycles. The summed E-state index contributed by atoms with van der Waals surface area (Å²) in [6, 6.07) is 24.4. The predicted molar refractivity (Wildman–Crippen MR) is 136 cm³/mol. The number of nitrogens with two attached hydrogens (primary N) is 5. The highest BCUT2D eigenvalue weighted by Gasteiger charge is 1.97. The van der Waals surface area contributed by atoms with Crippen LogP contribution >= 0.6 is 0 Å². The Bertz CT molecular complexity index is 1040. The van der Waals surface area contributed by atoms with E-state index in [2.05, 4.69) is 4.98 Å². The van der Waals surface area contributed by atoms with Crippen LogP contribution in [0.5, 0.6) is 5.75 Å². The van der Waals surface area contributed by atoms with Crippen molar-refractivity contribution in [3.8, 4) is 5.75 Å². The van der Waals surface area contributed by atoms with Crippen molar-refractivity contribution < 1.29 is 9.90 Å². The van der Waals surface area contributed by atoms with Gasteiger partial charge in [0.1, 0.15) is 5.75 Å². The molecule has 0 aliphatic rings. The summed E-state index contributed by atoms with van der Waals surface area (Å²) in [6.07, 6.45) is 3.32. The molecular formula is C25H30N6O2. The molecule has 0 unspecified atom stereocenters. The highest BCUT2D eigenvalue weighted by molar-refractivity contribution is 5.93. The first-order valence-corrected chi connectivity index (χ1v) is 9.85. The second kappa shape index (κ2) is 14.3. The van der Waals surface area contributed by atoms with Crippen molar-refractivity contribution in [3.05, 3.63) is 108 Å². The summed E-state index contributed by atoms with van der Waals surface area (Å²) in [5.74, 6) is -0.239. The highest BCUT2D eigenvalue weighted by atomic mass is 16.3. The van der Waals surface area contributed by atoms with E-state index in [9.17, 15) is 4.79 Å². The number of hydrogen-bond donors (Lipinski definition) is 6. The molecule has 1 aromatic heterocycles. The first-order chi connectivity index (χ1) is 15.7. The minimum Gasteiger partial charge on any atom is -0.508 e. The van der Waals surface area contributed by atoms with Crippen molar-refractivity contribution in [2.24, 2.45) is 5.73 Å². The Morgan fingerprint density at radius 3 is 1.52 bits per heavy atom. The third-order valence-corrected chi connectivity index (χ3v) is 3.79. The Kier molecular flexibility index (Phi) is 11.4. The highest BCUT2D eigenvalue weighted by Crippen LogP contribution is 2.11. The molecule has 0 bridgehead atoms. The van der Waals surface area contributed by atoms with Gasteiger partial charge in [-0.25, -0.2) is 0 Å². The van der Waals surface area contributed by atoms with Gasteiger partial charge in [-0.3, -0.25) is 9.78 Å². The Labute approximate surface area is 193 Å². The molecule has 0 fully saturated rings. The number of pyridine rings is 1. The number of aryl methyl sites for hydroxylation is 1. The SMILES string of the molecule is Cc1cccc(N)c1.NC(=O)c1cccc(N)c1.Nc1cccc(O)c1.Nc1ccncc1. The quantitative estimate of drug-likeness (QED) is 0.242. The number of nitrogen functional groups attached to an aromatic ring is 4. The molecule has 1 amide bonds. The van der Waals surface area contributed by atoms with E-state index in [1.807, 2.05) is 31.2 Å². The molecule has 0 saturated carbocycles. The van der Waals surface area contributed by atoms with E-state index in [0.29, 0.717) is 16.9 Å². The Morgan fingerprint density at radius 2 is 1.21 bits per heavy atom. The summed E-state index contributed by atoms with van der Waals surface area (Å²) in [7, 11) is 0. The summed E-state index contributed by atoms with van der Waals surface area (Å²) in [5.41, 5.74) is 30.8. The predicted octanol–water partition coefficient (Wildman–Crippen LogP) is 3.58. The molecule has 1 heterocycles. The molecule has 0 radical (unpaired) electrons. The van der Waals surface area contributed by atoms with Crippen LogP contribution < -0.4 is 28.7 Å². The van der Waals surface area contributed by atoms with Gasteiger partial charge in [0, 0.05) is 46.8 Å². The van der Waals surface area contributed by atoms with Crippen LogP contribution in [0.2, 0.25) is 0 Å². The van der Waals surface area contributed by atoms with E-state index in [1.165, 1.54) is 11.6 Å². The second-order valence-corrected chi connectivity index (χ2v) is 6.78. The molecular weight excluding hydrogens is 416 g/mol. The summed E-state index contributed by atoms with van der Waals surface area (Å²) in [4.78, 5) is 14.3. The van der Waals surface area contributed by atoms with Gasteiger partial charge in [-0.05, 0) is 67.1 Å². The van der Waals surface area contributed by atoms with E-state index in [1.54, 1.807) is 67.0 Å². The number of benzene rings is 3. The normalized spacial score (nSPS) is 9.00. The van der Waals surface area contributed by atoms with Gasteiger partial charge in [0.2, 0.25) is 5.91 Å². The minimum absolute atomic E-state index is 0.213. The molecule has 8 nitrogen and oxygen atoms in total. The van der Waals surface area contributed by atoms with Gasteiger partial charge in [-0.1, -0.05) is 24.3 Å². The average molecular weight is 447 g/mol. The number of hydrogen-bond acceptors (Lipinski definition) is 7. The molecule has 0 atom stereocenters. The second-order valence-electron chi connectivity index (χ2n) is 6.78. The number of primary amides is 1. The minimum atomic E-state index is -0.452. The van der Waals surface area contributed by atoms with Crippen molar-refractivity contribution in [3.63, 3.8) is 0 Å². The van der Waals surface area contributed by atoms with E-state index in [-0.39, 0.29) is 5.75 Å². The number of nitrogens with zero attached hydrogens (tertiary/aromatic N) is 1. The molecule has 0 aliphatic heterocycles. The monoisotopic (exact) mass is 446 g/mol. The van der Waals surface area contributed by atoms with Gasteiger partial charge in [0.05, 0.1) is 0 Å². The van der Waals surface area contributed by atoms with Gasteiger partial charge in [0.25, 0.3) is 0 Å². The van der Waals surface area contributed by atoms with Crippen LogP contribution in [0.4, 0.5) is 22.7 Å². The van der Waals surface area contributed by atoms with Crippen molar-refractivity contribution >= 4 is 28.7 Å². The van der Waals surface area contributed by atoms with Crippen molar-refractivity contribution in [1.29, 1.82) is 0 Å². The molecule has 0 aliphatic carbocycles. The number of aromatic hydroxyl groups is 1. The fourth-order valence-electron chi connectivity index (χ4n) is 2.25. The van der Waals surface area contributed by atoms with Crippen LogP contribution in [0.15, 0.2) is 97.3 Å². The average Bonchev–Trinajstić information content (AvgIpc) is 2.75. The zero-order valence-corrected chi connectivity index (χ0v) is 18.4. The third-order valence-electron chi connectivity index (χ3n) is 3.79. The molecule has 33 heavy (non-hydrogen) atoms. The number of phenols is 1. The van der Waals surface area contributed by atoms with Crippen molar-refractivity contribution in [2.75, 3.05) is 22.9 Å². The Hall–Kier alpha value is -4.72. The first kappa shape index (κ1) is 26.3. The molecule has 4 rings (SSSR count). The third kappa shape index (κ3) is 12.5. The lowest BCUT2D eigenvalue weighted by molar-refractivity contribution is 0.100. The topological polar surface area (TPSA) is 180 Å². The van der Waals surface area contributed by atoms with Crippen molar-refractivity contribution in [1.82, 2.24) is 4.98 Å². The summed E-state index contributed by atoms with van der Waals surface area (Å²) in [6.45, 7) is 2.02. The number of amides is 1. The molecule has 8 heteroatoms. The number of phenolic OH excluding ortho intramolecular Hbond substituents is 1. The van der Waals surface area contributed by atoms with Crippen LogP contribution in [0.25, 0.3) is 0 Å². The lowest BCUT2D eigenvalue weighted by Gasteiger charge is -1.94. The van der Waals surface area contributed by atoms with Gasteiger partial charge >= 0.3 is 0 Å². The largest absolute Gasteiger partial charge is 0.508 e. The lowest BCUT2D eigenvalue weighted by atomic mass is 10.2. The fourth-order valence-corrected chi connectivity index (χ4v) is 2.25. The number of carbonyl (C=O) groups is 1. The number of rotatable bonds is 1. The maximum absolute atomic E-state index is 10.5. The van der Waals surface area contributed by atoms with Gasteiger partial charge in [0.15, 0.2) is 0 Å². The van der Waals surface area contributed by atoms with E-state index < -0.39 is 5.91 Å². The molecule has 172 valence electrons. The van der Waals surface area contributed by atoms with Crippen LogP contribution in [0, 0.1) is 6.92 Å². The lowest BCUT2D eigenvalue weighted by Crippen LogP contribution is -2.10. The molecule has 11 N–H and O–H groups in total. The van der Waals surface area contributed by atoms with Crippen LogP contribution in [0.1, 0.15) is 15.9 Å². The maximum Gasteiger partial charge on any atom is 0.248 e. The standard InChI is InChI=1S/C7H8N2O.C7H9N.C6H7NO.C5H6N2/c8-6-3-1-2-5(4-6)7(9)10;1-6-3-2-4-7(8)5-6;7-5-2-1-3-6(8)4-5;6-5-1-3-7-4-2-5/h1-4H,8H2,(H2,9,10);2-5H,8H2,1H3;1-4,8H,7H2;1-4H,(H2,6,7). The van der Waals surface area contributed by atoms with Gasteiger partial charge in [-0.2, -0.15) is 0 Å². The summed E-state index contributed by atoms with van der Waals surface area (Å²) < 4.78 is 0. The van der Waals surface area contributed by atoms with Crippen LogP contribution in [-0.2, 0) is 0 Å². The van der Waals surface area contributed by atoms with E-state index >= 15 is 0 Å². The number of anilines is 4.